The Morgan fingerprint density at radius 3 is 2.44 bits per heavy atom. The third kappa shape index (κ3) is 4.99. The lowest BCUT2D eigenvalue weighted by Gasteiger charge is -2.31. The third-order valence-electron chi connectivity index (χ3n) is 6.04. The van der Waals surface area contributed by atoms with Gasteiger partial charge in [-0.15, -0.1) is 0 Å². The van der Waals surface area contributed by atoms with Crippen LogP contribution in [0.1, 0.15) is 24.0 Å². The molecule has 1 aliphatic heterocycles. The lowest BCUT2D eigenvalue weighted by molar-refractivity contribution is -0.121. The first-order valence-electron chi connectivity index (χ1n) is 10.9. The molecule has 0 radical (unpaired) electrons. The molecule has 0 atom stereocenters. The SMILES string of the molecule is COc1ccccc1NC(=O)C1CCN(Cc2ccc(-c3ccccc3C#N)cc2)CC1. The number of ether oxygens (including phenoxy) is 1. The van der Waals surface area contributed by atoms with Gasteiger partial charge in [0, 0.05) is 12.5 Å². The van der Waals surface area contributed by atoms with Gasteiger partial charge in [-0.1, -0.05) is 54.6 Å². The number of amides is 1. The topological polar surface area (TPSA) is 65.4 Å². The Labute approximate surface area is 189 Å². The molecule has 0 saturated carbocycles. The molecule has 5 nitrogen and oxygen atoms in total. The molecule has 5 heteroatoms. The monoisotopic (exact) mass is 425 g/mol. The number of piperidine rings is 1. The minimum absolute atomic E-state index is 0.0148. The lowest BCUT2D eigenvalue weighted by Crippen LogP contribution is -2.37. The van der Waals surface area contributed by atoms with E-state index in [9.17, 15) is 10.1 Å². The first-order valence-corrected chi connectivity index (χ1v) is 10.9. The van der Waals surface area contributed by atoms with Crippen molar-refractivity contribution in [3.8, 4) is 22.9 Å². The predicted octanol–water partition coefficient (Wildman–Crippen LogP) is 5.08. The van der Waals surface area contributed by atoms with Crippen molar-refractivity contribution in [1.82, 2.24) is 4.90 Å². The molecule has 1 amide bonds. The summed E-state index contributed by atoms with van der Waals surface area (Å²) in [5.74, 6) is 0.759. The van der Waals surface area contributed by atoms with Gasteiger partial charge in [0.05, 0.1) is 24.4 Å². The van der Waals surface area contributed by atoms with Crippen LogP contribution in [0.4, 0.5) is 5.69 Å². The molecule has 32 heavy (non-hydrogen) atoms. The van der Waals surface area contributed by atoms with Crippen LogP contribution in [-0.4, -0.2) is 31.0 Å². The smallest absolute Gasteiger partial charge is 0.227 e. The van der Waals surface area contributed by atoms with E-state index in [1.807, 2.05) is 48.5 Å². The van der Waals surface area contributed by atoms with E-state index in [0.717, 1.165) is 49.3 Å². The molecule has 3 aromatic rings. The van der Waals surface area contributed by atoms with Crippen LogP contribution in [0.3, 0.4) is 0 Å². The second kappa shape index (κ2) is 10.1. The minimum Gasteiger partial charge on any atom is -0.495 e. The van der Waals surface area contributed by atoms with Crippen LogP contribution in [0.25, 0.3) is 11.1 Å². The van der Waals surface area contributed by atoms with Crippen LogP contribution < -0.4 is 10.1 Å². The molecule has 0 unspecified atom stereocenters. The number of methoxy groups -OCH3 is 1. The number of anilines is 1. The number of benzene rings is 3. The summed E-state index contributed by atoms with van der Waals surface area (Å²) in [6.45, 7) is 2.65. The number of hydrogen-bond donors (Lipinski definition) is 1. The number of likely N-dealkylation sites (tertiary alicyclic amines) is 1. The van der Waals surface area contributed by atoms with Gasteiger partial charge in [0.1, 0.15) is 5.75 Å². The number of para-hydroxylation sites is 2. The average Bonchev–Trinajstić information content (AvgIpc) is 2.85. The maximum atomic E-state index is 12.7. The summed E-state index contributed by atoms with van der Waals surface area (Å²) in [4.78, 5) is 15.1. The Morgan fingerprint density at radius 2 is 1.72 bits per heavy atom. The number of rotatable bonds is 6. The summed E-state index contributed by atoms with van der Waals surface area (Å²) in [6.07, 6.45) is 1.68. The van der Waals surface area contributed by atoms with Gasteiger partial charge in [-0.3, -0.25) is 9.69 Å². The summed E-state index contributed by atoms with van der Waals surface area (Å²) in [6, 6.07) is 25.9. The zero-order valence-electron chi connectivity index (χ0n) is 18.3. The maximum absolute atomic E-state index is 12.7. The normalized spacial score (nSPS) is 14.5. The van der Waals surface area contributed by atoms with Crippen molar-refractivity contribution in [2.45, 2.75) is 19.4 Å². The summed E-state index contributed by atoms with van der Waals surface area (Å²) >= 11 is 0. The first kappa shape index (κ1) is 21.6. The van der Waals surface area contributed by atoms with Gasteiger partial charge in [0.15, 0.2) is 0 Å². The van der Waals surface area contributed by atoms with Crippen molar-refractivity contribution in [2.75, 3.05) is 25.5 Å². The van der Waals surface area contributed by atoms with Gasteiger partial charge in [0.2, 0.25) is 5.91 Å². The summed E-state index contributed by atoms with van der Waals surface area (Å²) < 4.78 is 5.33. The van der Waals surface area contributed by atoms with E-state index >= 15 is 0 Å². The highest BCUT2D eigenvalue weighted by molar-refractivity contribution is 5.94. The second-order valence-electron chi connectivity index (χ2n) is 8.09. The molecule has 0 spiro atoms. The molecule has 1 heterocycles. The van der Waals surface area contributed by atoms with Crippen molar-refractivity contribution in [3.63, 3.8) is 0 Å². The van der Waals surface area contributed by atoms with Crippen LogP contribution in [0.15, 0.2) is 72.8 Å². The Morgan fingerprint density at radius 1 is 1.03 bits per heavy atom. The lowest BCUT2D eigenvalue weighted by atomic mass is 9.95. The number of carbonyl (C=O) groups excluding carboxylic acids is 1. The number of nitriles is 1. The van der Waals surface area contributed by atoms with Crippen molar-refractivity contribution in [1.29, 1.82) is 5.26 Å². The van der Waals surface area contributed by atoms with Crippen LogP contribution in [-0.2, 0) is 11.3 Å². The third-order valence-corrected chi connectivity index (χ3v) is 6.04. The van der Waals surface area contributed by atoms with Gasteiger partial charge >= 0.3 is 0 Å². The van der Waals surface area contributed by atoms with E-state index < -0.39 is 0 Å². The van der Waals surface area contributed by atoms with E-state index in [1.54, 1.807) is 7.11 Å². The van der Waals surface area contributed by atoms with Gasteiger partial charge in [0.25, 0.3) is 0 Å². The first-order chi connectivity index (χ1) is 15.7. The Kier molecular flexibility index (Phi) is 6.84. The van der Waals surface area contributed by atoms with Crippen LogP contribution in [0.2, 0.25) is 0 Å². The quantitative estimate of drug-likeness (QED) is 0.598. The Hall–Kier alpha value is -3.62. The van der Waals surface area contributed by atoms with Crippen molar-refractivity contribution < 1.29 is 9.53 Å². The molecule has 1 N–H and O–H groups in total. The molecule has 4 rings (SSSR count). The summed E-state index contributed by atoms with van der Waals surface area (Å²) in [7, 11) is 1.61. The highest BCUT2D eigenvalue weighted by Crippen LogP contribution is 2.27. The number of hydrogen-bond acceptors (Lipinski definition) is 4. The van der Waals surface area contributed by atoms with E-state index in [2.05, 4.69) is 40.6 Å². The summed E-state index contributed by atoms with van der Waals surface area (Å²) in [5.41, 5.74) is 4.66. The van der Waals surface area contributed by atoms with Crippen LogP contribution >= 0.6 is 0 Å². The fourth-order valence-electron chi connectivity index (χ4n) is 4.22. The fourth-order valence-corrected chi connectivity index (χ4v) is 4.22. The van der Waals surface area contributed by atoms with Gasteiger partial charge in [-0.2, -0.15) is 5.26 Å². The zero-order valence-corrected chi connectivity index (χ0v) is 18.3. The number of carbonyl (C=O) groups is 1. The fraction of sp³-hybridized carbons (Fsp3) is 0.259. The maximum Gasteiger partial charge on any atom is 0.227 e. The Bertz CT molecular complexity index is 1110. The number of nitrogens with one attached hydrogen (secondary N) is 1. The van der Waals surface area contributed by atoms with E-state index in [1.165, 1.54) is 5.56 Å². The van der Waals surface area contributed by atoms with Crippen molar-refractivity contribution in [2.24, 2.45) is 5.92 Å². The van der Waals surface area contributed by atoms with Gasteiger partial charge < -0.3 is 10.1 Å². The average molecular weight is 426 g/mol. The molecule has 0 aromatic heterocycles. The van der Waals surface area contributed by atoms with Crippen LogP contribution in [0, 0.1) is 17.2 Å². The Balaban J connectivity index is 1.31. The molecule has 1 fully saturated rings. The van der Waals surface area contributed by atoms with E-state index in [-0.39, 0.29) is 11.8 Å². The molecule has 1 aliphatic rings. The van der Waals surface area contributed by atoms with Gasteiger partial charge in [-0.05, 0) is 60.8 Å². The van der Waals surface area contributed by atoms with Crippen LogP contribution in [0.5, 0.6) is 5.75 Å². The van der Waals surface area contributed by atoms with E-state index in [4.69, 9.17) is 4.74 Å². The van der Waals surface area contributed by atoms with E-state index in [0.29, 0.717) is 11.3 Å². The molecule has 1 saturated heterocycles. The van der Waals surface area contributed by atoms with Crippen molar-refractivity contribution >= 4 is 11.6 Å². The molecule has 0 aliphatic carbocycles. The standard InChI is InChI=1S/C27H27N3O2/c1-32-26-9-5-4-8-25(26)29-27(31)22-14-16-30(17-15-22)19-20-10-12-21(13-11-20)24-7-3-2-6-23(24)18-28/h2-13,22H,14-17,19H2,1H3,(H,29,31). The minimum atomic E-state index is 0.0148. The molecule has 3 aromatic carbocycles. The van der Waals surface area contributed by atoms with Crippen molar-refractivity contribution in [3.05, 3.63) is 83.9 Å². The summed E-state index contributed by atoms with van der Waals surface area (Å²) in [5, 5.41) is 12.3. The largest absolute Gasteiger partial charge is 0.495 e. The number of nitrogens with zero attached hydrogens (tertiary/aromatic N) is 2. The second-order valence-corrected chi connectivity index (χ2v) is 8.09. The molecule has 162 valence electrons. The van der Waals surface area contributed by atoms with Gasteiger partial charge in [-0.25, -0.2) is 0 Å². The zero-order chi connectivity index (χ0) is 22.3. The molecular formula is C27H27N3O2. The molecular weight excluding hydrogens is 398 g/mol. The highest BCUT2D eigenvalue weighted by Gasteiger charge is 2.25. The molecule has 0 bridgehead atoms. The highest BCUT2D eigenvalue weighted by atomic mass is 16.5. The predicted molar refractivity (Wildman–Crippen MR) is 126 cm³/mol.